The van der Waals surface area contributed by atoms with Crippen molar-refractivity contribution in [3.8, 4) is 6.07 Å². The SMILES string of the molecule is Cc1cc(C)c(C#N)c(N2CCC3CCC(C2)N3)n1. The van der Waals surface area contributed by atoms with E-state index >= 15 is 0 Å². The minimum Gasteiger partial charge on any atom is -0.354 e. The summed E-state index contributed by atoms with van der Waals surface area (Å²) in [4.78, 5) is 6.93. The van der Waals surface area contributed by atoms with Crippen LogP contribution in [-0.2, 0) is 0 Å². The molecule has 2 unspecified atom stereocenters. The Labute approximate surface area is 114 Å². The Kier molecular flexibility index (Phi) is 3.16. The molecule has 1 aromatic rings. The van der Waals surface area contributed by atoms with Gasteiger partial charge in [-0.05, 0) is 44.7 Å². The largest absolute Gasteiger partial charge is 0.354 e. The third-order valence-corrected chi connectivity index (χ3v) is 4.26. The number of hydrogen-bond donors (Lipinski definition) is 1. The van der Waals surface area contributed by atoms with E-state index < -0.39 is 0 Å². The van der Waals surface area contributed by atoms with Gasteiger partial charge in [-0.3, -0.25) is 0 Å². The molecule has 0 radical (unpaired) electrons. The maximum atomic E-state index is 9.39. The molecule has 4 nitrogen and oxygen atoms in total. The molecule has 0 saturated carbocycles. The number of nitriles is 1. The third kappa shape index (κ3) is 2.31. The summed E-state index contributed by atoms with van der Waals surface area (Å²) in [6.45, 7) is 5.97. The first kappa shape index (κ1) is 12.4. The smallest absolute Gasteiger partial charge is 0.147 e. The number of pyridine rings is 1. The maximum absolute atomic E-state index is 9.39. The van der Waals surface area contributed by atoms with Gasteiger partial charge in [0, 0.05) is 30.9 Å². The van der Waals surface area contributed by atoms with Gasteiger partial charge in [0.25, 0.3) is 0 Å². The van der Waals surface area contributed by atoms with Crippen LogP contribution in [0, 0.1) is 25.2 Å². The molecule has 0 spiro atoms. The summed E-state index contributed by atoms with van der Waals surface area (Å²) in [5.41, 5.74) is 2.77. The average Bonchev–Trinajstić information content (AvgIpc) is 2.68. The van der Waals surface area contributed by atoms with Crippen molar-refractivity contribution >= 4 is 5.82 Å². The average molecular weight is 256 g/mol. The molecular formula is C15H20N4. The van der Waals surface area contributed by atoms with E-state index in [1.165, 1.54) is 12.8 Å². The van der Waals surface area contributed by atoms with E-state index in [1.807, 2.05) is 19.9 Å². The highest BCUT2D eigenvalue weighted by Crippen LogP contribution is 2.27. The van der Waals surface area contributed by atoms with Gasteiger partial charge < -0.3 is 10.2 Å². The summed E-state index contributed by atoms with van der Waals surface area (Å²) in [7, 11) is 0. The molecule has 1 N–H and O–H groups in total. The second-order valence-electron chi connectivity index (χ2n) is 5.76. The molecule has 4 heteroatoms. The minimum atomic E-state index is 0.557. The molecule has 3 heterocycles. The lowest BCUT2D eigenvalue weighted by Crippen LogP contribution is -2.36. The Morgan fingerprint density at radius 2 is 2.11 bits per heavy atom. The van der Waals surface area contributed by atoms with E-state index in [-0.39, 0.29) is 0 Å². The first-order valence-corrected chi connectivity index (χ1v) is 7.06. The quantitative estimate of drug-likeness (QED) is 0.834. The molecule has 100 valence electrons. The normalized spacial score (nSPS) is 26.1. The highest BCUT2D eigenvalue weighted by molar-refractivity contribution is 5.58. The van der Waals surface area contributed by atoms with Crippen molar-refractivity contribution in [3.63, 3.8) is 0 Å². The molecule has 2 aliphatic heterocycles. The van der Waals surface area contributed by atoms with Gasteiger partial charge in [0.15, 0.2) is 0 Å². The summed E-state index contributed by atoms with van der Waals surface area (Å²) < 4.78 is 0. The van der Waals surface area contributed by atoms with Crippen LogP contribution in [0.25, 0.3) is 0 Å². The van der Waals surface area contributed by atoms with E-state index in [4.69, 9.17) is 0 Å². The van der Waals surface area contributed by atoms with Crippen molar-refractivity contribution in [2.45, 2.75) is 45.2 Å². The Hall–Kier alpha value is -1.60. The number of fused-ring (bicyclic) bond motifs is 2. The summed E-state index contributed by atoms with van der Waals surface area (Å²) in [6, 6.07) is 5.53. The molecule has 0 aliphatic carbocycles. The lowest BCUT2D eigenvalue weighted by Gasteiger charge is -2.26. The lowest BCUT2D eigenvalue weighted by molar-refractivity contribution is 0.563. The zero-order valence-corrected chi connectivity index (χ0v) is 11.6. The number of rotatable bonds is 1. The van der Waals surface area contributed by atoms with Gasteiger partial charge in [-0.25, -0.2) is 4.98 Å². The van der Waals surface area contributed by atoms with Crippen LogP contribution in [0.3, 0.4) is 0 Å². The molecule has 2 bridgehead atoms. The molecule has 2 aliphatic rings. The molecular weight excluding hydrogens is 236 g/mol. The molecule has 2 atom stereocenters. The first-order valence-electron chi connectivity index (χ1n) is 7.06. The van der Waals surface area contributed by atoms with Gasteiger partial charge in [0.05, 0.1) is 5.56 Å². The highest BCUT2D eigenvalue weighted by Gasteiger charge is 2.30. The third-order valence-electron chi connectivity index (χ3n) is 4.26. The van der Waals surface area contributed by atoms with Crippen molar-refractivity contribution < 1.29 is 0 Å². The fraction of sp³-hybridized carbons (Fsp3) is 0.600. The van der Waals surface area contributed by atoms with Crippen LogP contribution < -0.4 is 10.2 Å². The highest BCUT2D eigenvalue weighted by atomic mass is 15.2. The van der Waals surface area contributed by atoms with Crippen molar-refractivity contribution in [2.24, 2.45) is 0 Å². The Morgan fingerprint density at radius 3 is 2.89 bits per heavy atom. The van der Waals surface area contributed by atoms with Crippen LogP contribution >= 0.6 is 0 Å². The zero-order chi connectivity index (χ0) is 13.4. The van der Waals surface area contributed by atoms with Gasteiger partial charge in [-0.1, -0.05) is 0 Å². The van der Waals surface area contributed by atoms with E-state index in [2.05, 4.69) is 21.3 Å². The number of aromatic nitrogens is 1. The second-order valence-corrected chi connectivity index (χ2v) is 5.76. The van der Waals surface area contributed by atoms with Crippen molar-refractivity contribution in [1.82, 2.24) is 10.3 Å². The molecule has 19 heavy (non-hydrogen) atoms. The van der Waals surface area contributed by atoms with Crippen LogP contribution in [0.1, 0.15) is 36.1 Å². The standard InChI is InChI=1S/C15H20N4/c1-10-7-11(2)17-15(14(10)8-16)19-6-5-12-3-4-13(9-19)18-12/h7,12-13,18H,3-6,9H2,1-2H3. The second kappa shape index (κ2) is 4.82. The van der Waals surface area contributed by atoms with E-state index in [9.17, 15) is 5.26 Å². The van der Waals surface area contributed by atoms with Gasteiger partial charge in [0.2, 0.25) is 0 Å². The topological polar surface area (TPSA) is 52.0 Å². The van der Waals surface area contributed by atoms with Crippen LogP contribution in [0.2, 0.25) is 0 Å². The van der Waals surface area contributed by atoms with E-state index in [0.29, 0.717) is 12.1 Å². The summed E-state index contributed by atoms with van der Waals surface area (Å²) in [5.74, 6) is 0.884. The Morgan fingerprint density at radius 1 is 1.32 bits per heavy atom. The monoisotopic (exact) mass is 256 g/mol. The van der Waals surface area contributed by atoms with E-state index in [0.717, 1.165) is 42.1 Å². The lowest BCUT2D eigenvalue weighted by atomic mass is 10.1. The Balaban J connectivity index is 1.95. The van der Waals surface area contributed by atoms with E-state index in [1.54, 1.807) is 0 Å². The maximum Gasteiger partial charge on any atom is 0.147 e. The van der Waals surface area contributed by atoms with Crippen LogP contribution in [0.15, 0.2) is 6.07 Å². The van der Waals surface area contributed by atoms with Crippen LogP contribution in [0.4, 0.5) is 5.82 Å². The molecule has 3 rings (SSSR count). The summed E-state index contributed by atoms with van der Waals surface area (Å²) in [6.07, 6.45) is 3.69. The van der Waals surface area contributed by atoms with Gasteiger partial charge in [-0.2, -0.15) is 5.26 Å². The predicted octanol–water partition coefficient (Wildman–Crippen LogP) is 1.90. The van der Waals surface area contributed by atoms with Crippen molar-refractivity contribution in [3.05, 3.63) is 22.9 Å². The number of aryl methyl sites for hydroxylation is 2. The van der Waals surface area contributed by atoms with Crippen molar-refractivity contribution in [1.29, 1.82) is 5.26 Å². The molecule has 1 aromatic heterocycles. The van der Waals surface area contributed by atoms with Crippen molar-refractivity contribution in [2.75, 3.05) is 18.0 Å². The summed E-state index contributed by atoms with van der Waals surface area (Å²) >= 11 is 0. The molecule has 2 saturated heterocycles. The number of hydrogen-bond acceptors (Lipinski definition) is 4. The fourth-order valence-electron chi connectivity index (χ4n) is 3.32. The minimum absolute atomic E-state index is 0.557. The molecule has 0 aromatic carbocycles. The van der Waals surface area contributed by atoms with Gasteiger partial charge >= 0.3 is 0 Å². The number of anilines is 1. The number of nitrogens with zero attached hydrogens (tertiary/aromatic N) is 3. The van der Waals surface area contributed by atoms with Gasteiger partial charge in [0.1, 0.15) is 11.9 Å². The fourth-order valence-corrected chi connectivity index (χ4v) is 3.32. The summed E-state index contributed by atoms with van der Waals surface area (Å²) in [5, 5.41) is 13.1. The Bertz CT molecular complexity index is 532. The predicted molar refractivity (Wildman–Crippen MR) is 75.2 cm³/mol. The van der Waals surface area contributed by atoms with Crippen LogP contribution in [-0.4, -0.2) is 30.2 Å². The molecule has 2 fully saturated rings. The van der Waals surface area contributed by atoms with Crippen LogP contribution in [0.5, 0.6) is 0 Å². The van der Waals surface area contributed by atoms with Gasteiger partial charge in [-0.15, -0.1) is 0 Å². The first-order chi connectivity index (χ1) is 9.17. The zero-order valence-electron chi connectivity index (χ0n) is 11.6. The molecule has 0 amide bonds. The number of nitrogens with one attached hydrogen (secondary N) is 1.